The number of carboxylic acids is 1. The van der Waals surface area contributed by atoms with Crippen molar-refractivity contribution in [1.82, 2.24) is 5.32 Å². The van der Waals surface area contributed by atoms with Crippen LogP contribution in [-0.4, -0.2) is 38.7 Å². The van der Waals surface area contributed by atoms with E-state index in [1.807, 2.05) is 0 Å². The normalized spacial score (nSPS) is 28.2. The second kappa shape index (κ2) is 3.90. The third-order valence-corrected chi connectivity index (χ3v) is 3.06. The van der Waals surface area contributed by atoms with Gasteiger partial charge in [-0.2, -0.15) is 0 Å². The van der Waals surface area contributed by atoms with Crippen LogP contribution in [0.25, 0.3) is 0 Å². The van der Waals surface area contributed by atoms with Gasteiger partial charge in [0, 0.05) is 5.92 Å². The minimum Gasteiger partial charge on any atom is -0.504 e. The molecule has 6 nitrogen and oxygen atoms in total. The molecule has 2 rings (SSSR count). The summed E-state index contributed by atoms with van der Waals surface area (Å²) in [6.45, 7) is 0.370. The number of aromatic hydroxyl groups is 2. The summed E-state index contributed by atoms with van der Waals surface area (Å²) in [6, 6.07) is 4.02. The van der Waals surface area contributed by atoms with Crippen molar-refractivity contribution in [3.8, 4) is 11.5 Å². The molecule has 5 N–H and O–H groups in total. The topological polar surface area (TPSA) is 110 Å². The molecule has 92 valence electrons. The number of nitrogens with one attached hydrogen (secondary N) is 1. The van der Waals surface area contributed by atoms with Gasteiger partial charge in [-0.15, -0.1) is 0 Å². The number of phenolic OH excluding ortho intramolecular Hbond substituents is 2. The van der Waals surface area contributed by atoms with Crippen molar-refractivity contribution in [3.63, 3.8) is 0 Å². The molecule has 1 aliphatic heterocycles. The molecule has 0 spiro atoms. The molecule has 2 atom stereocenters. The Kier molecular flexibility index (Phi) is 2.68. The zero-order chi connectivity index (χ0) is 12.6. The van der Waals surface area contributed by atoms with Gasteiger partial charge in [0.25, 0.3) is 0 Å². The zero-order valence-electron chi connectivity index (χ0n) is 8.92. The van der Waals surface area contributed by atoms with Crippen LogP contribution < -0.4 is 5.32 Å². The highest BCUT2D eigenvalue weighted by Gasteiger charge is 2.48. The molecule has 1 heterocycles. The number of benzene rings is 1. The lowest BCUT2D eigenvalue weighted by Crippen LogP contribution is -2.51. The Hall–Kier alpha value is -1.79. The molecule has 1 aromatic rings. The fourth-order valence-electron chi connectivity index (χ4n) is 2.13. The van der Waals surface area contributed by atoms with E-state index in [-0.39, 0.29) is 11.5 Å². The summed E-state index contributed by atoms with van der Waals surface area (Å²) in [5, 5.41) is 40.1. The fourth-order valence-corrected chi connectivity index (χ4v) is 2.13. The number of hydrogen-bond acceptors (Lipinski definition) is 5. The van der Waals surface area contributed by atoms with Crippen LogP contribution in [0.15, 0.2) is 18.2 Å². The predicted octanol–water partition coefficient (Wildman–Crippen LogP) is -0.0521. The van der Waals surface area contributed by atoms with E-state index in [9.17, 15) is 20.1 Å². The maximum atomic E-state index is 11.0. The van der Waals surface area contributed by atoms with E-state index >= 15 is 0 Å². The summed E-state index contributed by atoms with van der Waals surface area (Å²) in [5.74, 6) is -2.63. The van der Waals surface area contributed by atoms with Crippen molar-refractivity contribution in [3.05, 3.63) is 23.8 Å². The Bertz CT molecular complexity index is 461. The van der Waals surface area contributed by atoms with Gasteiger partial charge in [-0.3, -0.25) is 5.32 Å². The number of carbonyl (C=O) groups is 1. The minimum absolute atomic E-state index is 0.279. The first kappa shape index (κ1) is 11.7. The molecule has 17 heavy (non-hydrogen) atoms. The van der Waals surface area contributed by atoms with Crippen LogP contribution in [0.5, 0.6) is 11.5 Å². The Morgan fingerprint density at radius 1 is 1.35 bits per heavy atom. The van der Waals surface area contributed by atoms with Gasteiger partial charge in [0.05, 0.1) is 0 Å². The van der Waals surface area contributed by atoms with Gasteiger partial charge < -0.3 is 20.4 Å². The molecule has 6 heteroatoms. The molecule has 1 saturated heterocycles. The summed E-state index contributed by atoms with van der Waals surface area (Å²) >= 11 is 0. The van der Waals surface area contributed by atoms with Crippen molar-refractivity contribution in [1.29, 1.82) is 0 Å². The van der Waals surface area contributed by atoms with Crippen LogP contribution in [0.2, 0.25) is 0 Å². The molecular formula is C11H13NO5. The third-order valence-electron chi connectivity index (χ3n) is 3.06. The van der Waals surface area contributed by atoms with Crippen molar-refractivity contribution in [2.24, 2.45) is 0 Å². The first-order valence-corrected chi connectivity index (χ1v) is 5.18. The molecule has 1 fully saturated rings. The molecule has 1 unspecified atom stereocenters. The zero-order valence-corrected chi connectivity index (χ0v) is 8.92. The minimum atomic E-state index is -2.02. The number of carboxylic acid groups (broad SMARTS) is 1. The van der Waals surface area contributed by atoms with E-state index in [1.54, 1.807) is 0 Å². The van der Waals surface area contributed by atoms with Crippen LogP contribution in [0, 0.1) is 0 Å². The molecule has 0 aliphatic carbocycles. The molecule has 0 saturated carbocycles. The predicted molar refractivity (Wildman–Crippen MR) is 57.7 cm³/mol. The largest absolute Gasteiger partial charge is 0.504 e. The highest BCUT2D eigenvalue weighted by Crippen LogP contribution is 2.37. The average molecular weight is 239 g/mol. The van der Waals surface area contributed by atoms with Crippen LogP contribution >= 0.6 is 0 Å². The SMILES string of the molecule is O=C(O)[C@@]1(O)NCCC1c1ccc(O)c(O)c1. The van der Waals surface area contributed by atoms with Crippen LogP contribution in [0.4, 0.5) is 0 Å². The summed E-state index contributed by atoms with van der Waals surface area (Å²) in [5.41, 5.74) is -1.56. The summed E-state index contributed by atoms with van der Waals surface area (Å²) in [6.07, 6.45) is 0.438. The van der Waals surface area contributed by atoms with E-state index in [2.05, 4.69) is 5.32 Å². The summed E-state index contributed by atoms with van der Waals surface area (Å²) in [7, 11) is 0. The van der Waals surface area contributed by atoms with Crippen molar-refractivity contribution < 1.29 is 25.2 Å². The van der Waals surface area contributed by atoms with E-state index in [4.69, 9.17) is 5.11 Å². The number of aliphatic carboxylic acids is 1. The van der Waals surface area contributed by atoms with Gasteiger partial charge in [0.15, 0.2) is 11.5 Å². The van der Waals surface area contributed by atoms with Crippen molar-refractivity contribution in [2.75, 3.05) is 6.54 Å². The van der Waals surface area contributed by atoms with Crippen LogP contribution in [-0.2, 0) is 4.79 Å². The van der Waals surface area contributed by atoms with Gasteiger partial charge in [-0.05, 0) is 30.7 Å². The Labute approximate surface area is 97.1 Å². The highest BCUT2D eigenvalue weighted by molar-refractivity contribution is 5.78. The van der Waals surface area contributed by atoms with E-state index in [0.717, 1.165) is 0 Å². The Balaban J connectivity index is 2.39. The summed E-state index contributed by atoms with van der Waals surface area (Å²) < 4.78 is 0. The first-order valence-electron chi connectivity index (χ1n) is 5.18. The van der Waals surface area contributed by atoms with Gasteiger partial charge in [-0.25, -0.2) is 4.79 Å². The second-order valence-electron chi connectivity index (χ2n) is 4.09. The van der Waals surface area contributed by atoms with E-state index in [0.29, 0.717) is 18.5 Å². The quantitative estimate of drug-likeness (QED) is 0.463. The molecule has 1 aromatic carbocycles. The Morgan fingerprint density at radius 2 is 2.06 bits per heavy atom. The Morgan fingerprint density at radius 3 is 2.65 bits per heavy atom. The lowest BCUT2D eigenvalue weighted by Gasteiger charge is -2.25. The third kappa shape index (κ3) is 1.81. The first-order chi connectivity index (χ1) is 7.95. The standard InChI is InChI=1S/C11H13NO5/c13-8-2-1-6(5-9(8)14)7-3-4-12-11(7,17)10(15)16/h1-2,5,7,12-14,17H,3-4H2,(H,15,16)/t7?,11-/m1/s1. The molecule has 1 aliphatic rings. The summed E-state index contributed by atoms with van der Waals surface area (Å²) in [4.78, 5) is 11.0. The van der Waals surface area contributed by atoms with Crippen LogP contribution in [0.3, 0.4) is 0 Å². The smallest absolute Gasteiger partial charge is 0.351 e. The maximum Gasteiger partial charge on any atom is 0.351 e. The van der Waals surface area contributed by atoms with E-state index in [1.165, 1.54) is 18.2 Å². The van der Waals surface area contributed by atoms with E-state index < -0.39 is 17.6 Å². The monoisotopic (exact) mass is 239 g/mol. The molecule has 0 bridgehead atoms. The van der Waals surface area contributed by atoms with Gasteiger partial charge >= 0.3 is 5.97 Å². The number of rotatable bonds is 2. The molecule has 0 radical (unpaired) electrons. The van der Waals surface area contributed by atoms with Gasteiger partial charge in [-0.1, -0.05) is 6.07 Å². The maximum absolute atomic E-state index is 11.0. The van der Waals surface area contributed by atoms with Gasteiger partial charge in [0.2, 0.25) is 5.72 Å². The number of hydrogen-bond donors (Lipinski definition) is 5. The van der Waals surface area contributed by atoms with Crippen molar-refractivity contribution in [2.45, 2.75) is 18.1 Å². The lowest BCUT2D eigenvalue weighted by atomic mass is 9.89. The highest BCUT2D eigenvalue weighted by atomic mass is 16.4. The fraction of sp³-hybridized carbons (Fsp3) is 0.364. The average Bonchev–Trinajstić information content (AvgIpc) is 2.66. The van der Waals surface area contributed by atoms with Crippen LogP contribution in [0.1, 0.15) is 17.9 Å². The molecular weight excluding hydrogens is 226 g/mol. The van der Waals surface area contributed by atoms with Crippen molar-refractivity contribution >= 4 is 5.97 Å². The molecule has 0 aromatic heterocycles. The number of aliphatic hydroxyl groups is 1. The lowest BCUT2D eigenvalue weighted by molar-refractivity contribution is -0.162. The second-order valence-corrected chi connectivity index (χ2v) is 4.09. The number of phenols is 2. The molecule has 0 amide bonds. The van der Waals surface area contributed by atoms with Gasteiger partial charge in [0.1, 0.15) is 0 Å².